The largest absolute Gasteiger partial charge is 0.435 e. The summed E-state index contributed by atoms with van der Waals surface area (Å²) in [6.45, 7) is -0.371. The van der Waals surface area contributed by atoms with Crippen LogP contribution >= 0.6 is 0 Å². The van der Waals surface area contributed by atoms with Crippen LogP contribution in [0.1, 0.15) is 11.3 Å². The molecule has 1 amide bonds. The second-order valence-corrected chi connectivity index (χ2v) is 6.42. The summed E-state index contributed by atoms with van der Waals surface area (Å²) in [4.78, 5) is 12.0. The minimum absolute atomic E-state index is 0.371. The van der Waals surface area contributed by atoms with Gasteiger partial charge in [0.1, 0.15) is 6.54 Å². The zero-order valence-corrected chi connectivity index (χ0v) is 15.0. The molecule has 4 rings (SSSR count). The summed E-state index contributed by atoms with van der Waals surface area (Å²) in [6.07, 6.45) is -1.90. The molecule has 8 heteroatoms. The highest BCUT2D eigenvalue weighted by atomic mass is 19.4. The Morgan fingerprint density at radius 2 is 1.66 bits per heavy atom. The van der Waals surface area contributed by atoms with E-state index >= 15 is 0 Å². The van der Waals surface area contributed by atoms with Crippen LogP contribution in [-0.4, -0.2) is 21.9 Å². The Kier molecular flexibility index (Phi) is 4.75. The predicted molar refractivity (Wildman–Crippen MR) is 104 cm³/mol. The maximum absolute atomic E-state index is 12.6. The minimum Gasteiger partial charge on any atom is -0.271 e. The third kappa shape index (κ3) is 3.96. The van der Waals surface area contributed by atoms with Crippen LogP contribution in [0.3, 0.4) is 0 Å². The molecule has 0 aliphatic rings. The van der Waals surface area contributed by atoms with Gasteiger partial charge in [-0.3, -0.25) is 9.48 Å². The predicted octanol–water partition coefficient (Wildman–Crippen LogP) is 4.36. The van der Waals surface area contributed by atoms with Gasteiger partial charge in [-0.15, -0.1) is 0 Å². The number of carbonyl (C=O) groups is 1. The Morgan fingerprint density at radius 3 is 2.24 bits per heavy atom. The van der Waals surface area contributed by atoms with Crippen LogP contribution < -0.4 is 5.43 Å². The lowest BCUT2D eigenvalue weighted by molar-refractivity contribution is -0.141. The van der Waals surface area contributed by atoms with Gasteiger partial charge in [0, 0.05) is 11.8 Å². The molecule has 0 saturated carbocycles. The van der Waals surface area contributed by atoms with E-state index in [0.717, 1.165) is 44.1 Å². The molecule has 0 radical (unpaired) electrons. The molecule has 0 spiro atoms. The maximum Gasteiger partial charge on any atom is 0.435 e. The van der Waals surface area contributed by atoms with Crippen molar-refractivity contribution in [2.24, 2.45) is 5.10 Å². The van der Waals surface area contributed by atoms with Crippen LogP contribution in [-0.2, 0) is 17.5 Å². The Bertz CT molecular complexity index is 1170. The van der Waals surface area contributed by atoms with Crippen molar-refractivity contribution in [1.29, 1.82) is 0 Å². The molecule has 0 atom stereocenters. The van der Waals surface area contributed by atoms with E-state index in [1.54, 1.807) is 6.21 Å². The Balaban J connectivity index is 1.55. The van der Waals surface area contributed by atoms with Crippen molar-refractivity contribution in [2.45, 2.75) is 12.7 Å². The zero-order valence-electron chi connectivity index (χ0n) is 15.0. The van der Waals surface area contributed by atoms with Crippen molar-refractivity contribution in [3.05, 3.63) is 78.1 Å². The highest BCUT2D eigenvalue weighted by molar-refractivity contribution is 6.13. The van der Waals surface area contributed by atoms with Crippen LogP contribution in [0.15, 0.2) is 72.0 Å². The quantitative estimate of drug-likeness (QED) is 0.317. The lowest BCUT2D eigenvalue weighted by Gasteiger charge is -2.08. The molecule has 0 bridgehead atoms. The number of amides is 1. The van der Waals surface area contributed by atoms with Crippen molar-refractivity contribution in [1.82, 2.24) is 15.2 Å². The molecule has 1 N–H and O–H groups in total. The number of hydrogen-bond donors (Lipinski definition) is 1. The van der Waals surface area contributed by atoms with Gasteiger partial charge in [-0.1, -0.05) is 48.5 Å². The number of nitrogens with one attached hydrogen (secondary N) is 1. The van der Waals surface area contributed by atoms with Gasteiger partial charge in [0.2, 0.25) is 0 Å². The lowest BCUT2D eigenvalue weighted by Crippen LogP contribution is -2.23. The van der Waals surface area contributed by atoms with E-state index in [4.69, 9.17) is 0 Å². The first-order valence-electron chi connectivity index (χ1n) is 8.75. The fourth-order valence-corrected chi connectivity index (χ4v) is 3.14. The fraction of sp³-hybridized carbons (Fsp3) is 0.0952. The Morgan fingerprint density at radius 1 is 1.03 bits per heavy atom. The maximum atomic E-state index is 12.6. The number of carbonyl (C=O) groups excluding carboxylic acids is 1. The van der Waals surface area contributed by atoms with E-state index in [9.17, 15) is 18.0 Å². The van der Waals surface area contributed by atoms with Crippen LogP contribution in [0.5, 0.6) is 0 Å². The van der Waals surface area contributed by atoms with Gasteiger partial charge in [-0.05, 0) is 33.7 Å². The lowest BCUT2D eigenvalue weighted by atomic mass is 9.97. The van der Waals surface area contributed by atoms with Crippen LogP contribution in [0.2, 0.25) is 0 Å². The second kappa shape index (κ2) is 7.38. The molecule has 0 fully saturated rings. The molecule has 0 aliphatic heterocycles. The molecule has 1 aromatic heterocycles. The summed E-state index contributed by atoms with van der Waals surface area (Å²) in [5.41, 5.74) is 2.14. The number of fused-ring (bicyclic) bond motifs is 2. The number of benzene rings is 3. The van der Waals surface area contributed by atoms with Crippen molar-refractivity contribution < 1.29 is 18.0 Å². The third-order valence-corrected chi connectivity index (χ3v) is 4.43. The van der Waals surface area contributed by atoms with Crippen molar-refractivity contribution >= 4 is 33.7 Å². The molecule has 5 nitrogen and oxygen atoms in total. The molecule has 1 heterocycles. The summed E-state index contributed by atoms with van der Waals surface area (Å²) >= 11 is 0. The molecule has 3 aromatic carbocycles. The van der Waals surface area contributed by atoms with E-state index in [0.29, 0.717) is 0 Å². The molecule has 29 heavy (non-hydrogen) atoms. The first-order chi connectivity index (χ1) is 13.9. The summed E-state index contributed by atoms with van der Waals surface area (Å²) in [6, 6.07) is 18.5. The molecule has 146 valence electrons. The molecule has 0 saturated heterocycles. The van der Waals surface area contributed by atoms with Gasteiger partial charge in [-0.25, -0.2) is 5.43 Å². The van der Waals surface area contributed by atoms with Gasteiger partial charge >= 0.3 is 6.18 Å². The molecular weight excluding hydrogens is 381 g/mol. The first kappa shape index (κ1) is 18.7. The average molecular weight is 396 g/mol. The normalized spacial score (nSPS) is 12.1. The number of hydrogen-bond acceptors (Lipinski definition) is 3. The van der Waals surface area contributed by atoms with Gasteiger partial charge in [0.05, 0.1) is 6.21 Å². The van der Waals surface area contributed by atoms with Crippen LogP contribution in [0, 0.1) is 0 Å². The number of nitrogens with zero attached hydrogens (tertiary/aromatic N) is 3. The van der Waals surface area contributed by atoms with E-state index in [2.05, 4.69) is 21.7 Å². The molecular formula is C21H15F3N4O. The third-order valence-electron chi connectivity index (χ3n) is 4.43. The van der Waals surface area contributed by atoms with Crippen LogP contribution in [0.4, 0.5) is 13.2 Å². The topological polar surface area (TPSA) is 59.3 Å². The standard InChI is InChI=1S/C21H15F3N4O/c22-21(23,24)19-9-10-28(27-19)13-20(29)26-25-12-18-16-7-3-1-5-14(16)11-15-6-2-4-8-17(15)18/h1-12H,13H2,(H,26,29). The van der Waals surface area contributed by atoms with E-state index in [-0.39, 0.29) is 6.54 Å². The summed E-state index contributed by atoms with van der Waals surface area (Å²) < 4.78 is 38.7. The highest BCUT2D eigenvalue weighted by Gasteiger charge is 2.33. The molecule has 4 aromatic rings. The number of aromatic nitrogens is 2. The second-order valence-electron chi connectivity index (χ2n) is 6.42. The summed E-state index contributed by atoms with van der Waals surface area (Å²) in [5.74, 6) is -0.581. The van der Waals surface area contributed by atoms with Gasteiger partial charge in [0.15, 0.2) is 5.69 Å². The average Bonchev–Trinajstić information content (AvgIpc) is 3.16. The minimum atomic E-state index is -4.55. The van der Waals surface area contributed by atoms with Gasteiger partial charge < -0.3 is 0 Å². The van der Waals surface area contributed by atoms with E-state index in [1.165, 1.54) is 0 Å². The number of alkyl halides is 3. The Hall–Kier alpha value is -3.68. The van der Waals surface area contributed by atoms with E-state index in [1.807, 2.05) is 48.5 Å². The van der Waals surface area contributed by atoms with Crippen LogP contribution in [0.25, 0.3) is 21.5 Å². The zero-order chi connectivity index (χ0) is 20.4. The first-order valence-corrected chi connectivity index (χ1v) is 8.75. The number of rotatable bonds is 4. The monoisotopic (exact) mass is 396 g/mol. The van der Waals surface area contributed by atoms with Crippen molar-refractivity contribution in [3.63, 3.8) is 0 Å². The van der Waals surface area contributed by atoms with E-state index < -0.39 is 17.8 Å². The highest BCUT2D eigenvalue weighted by Crippen LogP contribution is 2.28. The molecule has 0 aliphatic carbocycles. The summed E-state index contributed by atoms with van der Waals surface area (Å²) in [5, 5.41) is 11.4. The fourth-order valence-electron chi connectivity index (χ4n) is 3.14. The number of halogens is 3. The number of hydrazone groups is 1. The van der Waals surface area contributed by atoms with Crippen molar-refractivity contribution in [3.8, 4) is 0 Å². The van der Waals surface area contributed by atoms with Crippen molar-refractivity contribution in [2.75, 3.05) is 0 Å². The van der Waals surface area contributed by atoms with Gasteiger partial charge in [0.25, 0.3) is 5.91 Å². The van der Waals surface area contributed by atoms with Gasteiger partial charge in [-0.2, -0.15) is 23.4 Å². The SMILES string of the molecule is O=C(Cn1ccc(C(F)(F)F)n1)NN=Cc1c2ccccc2cc2ccccc12. The Labute approximate surface area is 163 Å². The smallest absolute Gasteiger partial charge is 0.271 e. The molecule has 0 unspecified atom stereocenters. The summed E-state index contributed by atoms with van der Waals surface area (Å²) in [7, 11) is 0.